The first-order valence-corrected chi connectivity index (χ1v) is 6.84. The Morgan fingerprint density at radius 2 is 2.25 bits per heavy atom. The Bertz CT molecular complexity index is 511. The summed E-state index contributed by atoms with van der Waals surface area (Å²) in [7, 11) is -3.32. The topological polar surface area (TPSA) is 60.2 Å². The first-order valence-electron chi connectivity index (χ1n) is 5.18. The monoisotopic (exact) mass is 243 g/mol. The first kappa shape index (κ1) is 11.5. The quantitative estimate of drug-likeness (QED) is 0.855. The average molecular weight is 243 g/mol. The molecule has 3 nitrogen and oxygen atoms in total. The van der Waals surface area contributed by atoms with E-state index in [1.54, 1.807) is 6.92 Å². The smallest absolute Gasteiger partial charge is 0.179 e. The van der Waals surface area contributed by atoms with Gasteiger partial charge < -0.3 is 5.73 Å². The Labute approximate surface area is 94.4 Å². The molecule has 1 aliphatic heterocycles. The average Bonchev–Trinajstić information content (AvgIpc) is 2.38. The van der Waals surface area contributed by atoms with Crippen molar-refractivity contribution in [2.45, 2.75) is 30.2 Å². The number of hydrogen-bond acceptors (Lipinski definition) is 3. The van der Waals surface area contributed by atoms with Gasteiger partial charge in [0.1, 0.15) is 5.82 Å². The second kappa shape index (κ2) is 3.82. The van der Waals surface area contributed by atoms with Gasteiger partial charge in [0.05, 0.1) is 10.6 Å². The standard InChI is InChI=1S/C11H14FNO2S/c1-7(13)5-8-6-16(14,15)10-4-2-3-9(12)11(8)10/h2-4,7-8H,5-6,13H2,1H3. The Morgan fingerprint density at radius 1 is 1.56 bits per heavy atom. The highest BCUT2D eigenvalue weighted by atomic mass is 32.2. The van der Waals surface area contributed by atoms with Gasteiger partial charge in [-0.2, -0.15) is 0 Å². The van der Waals surface area contributed by atoms with Gasteiger partial charge >= 0.3 is 0 Å². The molecule has 16 heavy (non-hydrogen) atoms. The zero-order valence-electron chi connectivity index (χ0n) is 8.98. The van der Waals surface area contributed by atoms with Crippen LogP contribution in [0.1, 0.15) is 24.8 Å². The van der Waals surface area contributed by atoms with Crippen molar-refractivity contribution in [3.05, 3.63) is 29.6 Å². The fraction of sp³-hybridized carbons (Fsp3) is 0.455. The largest absolute Gasteiger partial charge is 0.328 e. The maximum Gasteiger partial charge on any atom is 0.179 e. The van der Waals surface area contributed by atoms with Crippen molar-refractivity contribution in [2.24, 2.45) is 5.73 Å². The Balaban J connectivity index is 2.52. The number of fused-ring (bicyclic) bond motifs is 1. The molecular formula is C11H14FNO2S. The predicted octanol–water partition coefficient (Wildman–Crippen LogP) is 1.43. The predicted molar refractivity (Wildman–Crippen MR) is 59.5 cm³/mol. The van der Waals surface area contributed by atoms with Gasteiger partial charge in [-0.1, -0.05) is 6.07 Å². The molecule has 0 saturated heterocycles. The van der Waals surface area contributed by atoms with Crippen LogP contribution in [-0.4, -0.2) is 20.2 Å². The van der Waals surface area contributed by atoms with Crippen LogP contribution >= 0.6 is 0 Å². The van der Waals surface area contributed by atoms with Gasteiger partial charge in [-0.3, -0.25) is 0 Å². The molecule has 1 aromatic rings. The zero-order chi connectivity index (χ0) is 11.9. The Hall–Kier alpha value is -0.940. The summed E-state index contributed by atoms with van der Waals surface area (Å²) in [6.07, 6.45) is 0.493. The zero-order valence-corrected chi connectivity index (χ0v) is 9.80. The minimum atomic E-state index is -3.32. The first-order chi connectivity index (χ1) is 7.42. The fourth-order valence-corrected chi connectivity index (χ4v) is 4.15. The van der Waals surface area contributed by atoms with Crippen molar-refractivity contribution in [3.8, 4) is 0 Å². The lowest BCUT2D eigenvalue weighted by Crippen LogP contribution is -2.19. The van der Waals surface area contributed by atoms with Gasteiger partial charge in [-0.15, -0.1) is 0 Å². The lowest BCUT2D eigenvalue weighted by molar-refractivity contribution is 0.543. The number of hydrogen-bond donors (Lipinski definition) is 1. The number of sulfone groups is 1. The number of rotatable bonds is 2. The van der Waals surface area contributed by atoms with E-state index in [1.807, 2.05) is 0 Å². The summed E-state index contributed by atoms with van der Waals surface area (Å²) in [5, 5.41) is 0. The molecule has 0 aliphatic carbocycles. The number of nitrogens with two attached hydrogens (primary N) is 1. The van der Waals surface area contributed by atoms with E-state index in [9.17, 15) is 12.8 Å². The van der Waals surface area contributed by atoms with Crippen LogP contribution in [-0.2, 0) is 9.84 Å². The van der Waals surface area contributed by atoms with Crippen LogP contribution in [0.25, 0.3) is 0 Å². The highest BCUT2D eigenvalue weighted by Gasteiger charge is 2.36. The Morgan fingerprint density at radius 3 is 2.88 bits per heavy atom. The summed E-state index contributed by atoms with van der Waals surface area (Å²) in [6.45, 7) is 1.80. The lowest BCUT2D eigenvalue weighted by Gasteiger charge is -2.12. The van der Waals surface area contributed by atoms with E-state index in [2.05, 4.69) is 0 Å². The van der Waals surface area contributed by atoms with Crippen LogP contribution in [0.2, 0.25) is 0 Å². The molecule has 0 aromatic heterocycles. The molecule has 1 heterocycles. The third kappa shape index (κ3) is 1.85. The highest BCUT2D eigenvalue weighted by molar-refractivity contribution is 7.91. The molecule has 0 radical (unpaired) electrons. The lowest BCUT2D eigenvalue weighted by atomic mass is 9.94. The van der Waals surface area contributed by atoms with Crippen molar-refractivity contribution >= 4 is 9.84 Å². The van der Waals surface area contributed by atoms with E-state index in [1.165, 1.54) is 18.2 Å². The summed E-state index contributed by atoms with van der Waals surface area (Å²) in [5.74, 6) is -0.768. The van der Waals surface area contributed by atoms with Crippen LogP contribution in [0.15, 0.2) is 23.1 Å². The molecule has 2 unspecified atom stereocenters. The fourth-order valence-electron chi connectivity index (χ4n) is 2.26. The number of halogens is 1. The van der Waals surface area contributed by atoms with Crippen LogP contribution in [0.5, 0.6) is 0 Å². The van der Waals surface area contributed by atoms with E-state index in [-0.39, 0.29) is 22.6 Å². The molecule has 0 bridgehead atoms. The van der Waals surface area contributed by atoms with Crippen LogP contribution in [0.4, 0.5) is 4.39 Å². The summed E-state index contributed by atoms with van der Waals surface area (Å²) < 4.78 is 37.2. The van der Waals surface area contributed by atoms with Crippen molar-refractivity contribution in [1.29, 1.82) is 0 Å². The van der Waals surface area contributed by atoms with Crippen LogP contribution in [0.3, 0.4) is 0 Å². The molecule has 1 aliphatic rings. The molecule has 5 heteroatoms. The van der Waals surface area contributed by atoms with Gasteiger partial charge in [0.15, 0.2) is 9.84 Å². The molecule has 88 valence electrons. The third-order valence-electron chi connectivity index (χ3n) is 2.83. The van der Waals surface area contributed by atoms with Crippen LogP contribution in [0, 0.1) is 5.82 Å². The second-order valence-electron chi connectivity index (χ2n) is 4.34. The van der Waals surface area contributed by atoms with Crippen molar-refractivity contribution < 1.29 is 12.8 Å². The molecule has 2 rings (SSSR count). The van der Waals surface area contributed by atoms with E-state index in [0.29, 0.717) is 12.0 Å². The van der Waals surface area contributed by atoms with Gasteiger partial charge in [0.2, 0.25) is 0 Å². The highest BCUT2D eigenvalue weighted by Crippen LogP contribution is 2.38. The molecule has 1 aromatic carbocycles. The van der Waals surface area contributed by atoms with Crippen LogP contribution < -0.4 is 5.73 Å². The van der Waals surface area contributed by atoms with Gasteiger partial charge in [0, 0.05) is 17.5 Å². The summed E-state index contributed by atoms with van der Waals surface area (Å²) in [6, 6.07) is 4.06. The summed E-state index contributed by atoms with van der Waals surface area (Å²) in [4.78, 5) is 0.137. The summed E-state index contributed by atoms with van der Waals surface area (Å²) in [5.41, 5.74) is 5.97. The molecule has 0 spiro atoms. The van der Waals surface area contributed by atoms with E-state index in [0.717, 1.165) is 0 Å². The molecule has 2 atom stereocenters. The maximum absolute atomic E-state index is 13.6. The minimum Gasteiger partial charge on any atom is -0.328 e. The molecule has 0 fully saturated rings. The van der Waals surface area contributed by atoms with Crippen molar-refractivity contribution in [2.75, 3.05) is 5.75 Å². The van der Waals surface area contributed by atoms with Gasteiger partial charge in [0.25, 0.3) is 0 Å². The van der Waals surface area contributed by atoms with E-state index >= 15 is 0 Å². The molecule has 2 N–H and O–H groups in total. The summed E-state index contributed by atoms with van der Waals surface area (Å²) >= 11 is 0. The Kier molecular flexibility index (Phi) is 2.75. The second-order valence-corrected chi connectivity index (χ2v) is 6.35. The normalized spacial score (nSPS) is 24.1. The van der Waals surface area contributed by atoms with Gasteiger partial charge in [-0.25, -0.2) is 12.8 Å². The molecular weight excluding hydrogens is 229 g/mol. The van der Waals surface area contributed by atoms with Gasteiger partial charge in [-0.05, 0) is 25.5 Å². The molecule has 0 amide bonds. The van der Waals surface area contributed by atoms with Crippen molar-refractivity contribution in [1.82, 2.24) is 0 Å². The molecule has 0 saturated carbocycles. The third-order valence-corrected chi connectivity index (χ3v) is 4.70. The van der Waals surface area contributed by atoms with E-state index < -0.39 is 15.7 Å². The SMILES string of the molecule is CC(N)CC1CS(=O)(=O)c2cccc(F)c21. The number of benzene rings is 1. The minimum absolute atomic E-state index is 0.0230. The van der Waals surface area contributed by atoms with E-state index in [4.69, 9.17) is 5.73 Å². The maximum atomic E-state index is 13.6. The van der Waals surface area contributed by atoms with Crippen molar-refractivity contribution in [3.63, 3.8) is 0 Å².